The lowest BCUT2D eigenvalue weighted by Crippen LogP contribution is -2.08. The first kappa shape index (κ1) is 16.9. The van der Waals surface area contributed by atoms with Gasteiger partial charge < -0.3 is 5.11 Å². The number of hydrogen-bond acceptors (Lipinski definition) is 3. The predicted molar refractivity (Wildman–Crippen MR) is 69.6 cm³/mol. The molecular formula is C12H26O4S. The van der Waals surface area contributed by atoms with E-state index < -0.39 is 10.1 Å². The van der Waals surface area contributed by atoms with Crippen LogP contribution in [0.25, 0.3) is 0 Å². The van der Waals surface area contributed by atoms with E-state index in [0.29, 0.717) is 19.3 Å². The Morgan fingerprint density at radius 3 is 2.00 bits per heavy atom. The smallest absolute Gasteiger partial charge is 0.264 e. The molecule has 0 aliphatic rings. The zero-order valence-corrected chi connectivity index (χ0v) is 11.6. The van der Waals surface area contributed by atoms with Crippen LogP contribution in [0.1, 0.15) is 64.7 Å². The Bertz CT molecular complexity index is 262. The molecule has 2 N–H and O–H groups in total. The van der Waals surface area contributed by atoms with Crippen molar-refractivity contribution >= 4 is 10.1 Å². The summed E-state index contributed by atoms with van der Waals surface area (Å²) in [6.07, 6.45) is 8.09. The first-order valence-electron chi connectivity index (χ1n) is 6.59. The number of aliphatic hydroxyl groups is 1. The van der Waals surface area contributed by atoms with Crippen molar-refractivity contribution in [2.75, 3.05) is 5.75 Å². The van der Waals surface area contributed by atoms with E-state index in [0.717, 1.165) is 19.3 Å². The van der Waals surface area contributed by atoms with Gasteiger partial charge in [0.15, 0.2) is 0 Å². The zero-order chi connectivity index (χ0) is 13.1. The van der Waals surface area contributed by atoms with E-state index in [2.05, 4.69) is 6.92 Å². The molecule has 1 atom stereocenters. The Balaban J connectivity index is 3.32. The van der Waals surface area contributed by atoms with Gasteiger partial charge in [-0.1, -0.05) is 39.0 Å². The van der Waals surface area contributed by atoms with E-state index in [1.807, 2.05) is 0 Å². The highest BCUT2D eigenvalue weighted by Crippen LogP contribution is 2.11. The zero-order valence-electron chi connectivity index (χ0n) is 10.8. The van der Waals surface area contributed by atoms with Gasteiger partial charge in [-0.3, -0.25) is 4.55 Å². The Labute approximate surface area is 105 Å². The average Bonchev–Trinajstić information content (AvgIpc) is 2.23. The van der Waals surface area contributed by atoms with Crippen LogP contribution in [0.4, 0.5) is 0 Å². The lowest BCUT2D eigenvalue weighted by Gasteiger charge is -2.09. The van der Waals surface area contributed by atoms with Crippen LogP contribution in [0.5, 0.6) is 0 Å². The summed E-state index contributed by atoms with van der Waals surface area (Å²) in [5.74, 6) is -0.198. The Morgan fingerprint density at radius 1 is 0.941 bits per heavy atom. The summed E-state index contributed by atoms with van der Waals surface area (Å²) >= 11 is 0. The molecule has 0 aromatic carbocycles. The summed E-state index contributed by atoms with van der Waals surface area (Å²) in [6.45, 7) is 2.17. The minimum atomic E-state index is -3.83. The van der Waals surface area contributed by atoms with Crippen molar-refractivity contribution in [3.63, 3.8) is 0 Å². The van der Waals surface area contributed by atoms with Crippen molar-refractivity contribution in [3.05, 3.63) is 0 Å². The monoisotopic (exact) mass is 266 g/mol. The minimum absolute atomic E-state index is 0.198. The molecule has 0 aliphatic carbocycles. The second-order valence-corrected chi connectivity index (χ2v) is 6.21. The molecule has 0 bridgehead atoms. The van der Waals surface area contributed by atoms with Crippen molar-refractivity contribution in [2.24, 2.45) is 0 Å². The van der Waals surface area contributed by atoms with Crippen LogP contribution in [0.2, 0.25) is 0 Å². The molecule has 4 nitrogen and oxygen atoms in total. The second-order valence-electron chi connectivity index (χ2n) is 4.64. The molecule has 0 spiro atoms. The summed E-state index contributed by atoms with van der Waals surface area (Å²) in [5.41, 5.74) is 0. The van der Waals surface area contributed by atoms with Gasteiger partial charge in [0.25, 0.3) is 10.1 Å². The molecule has 1 unspecified atom stereocenters. The van der Waals surface area contributed by atoms with Gasteiger partial charge in [-0.25, -0.2) is 0 Å². The number of aliphatic hydroxyl groups excluding tert-OH is 1. The summed E-state index contributed by atoms with van der Waals surface area (Å²) in [5, 5.41) is 9.62. The molecule has 0 fully saturated rings. The Hall–Kier alpha value is -0.130. The van der Waals surface area contributed by atoms with E-state index in [4.69, 9.17) is 4.55 Å². The molecule has 0 heterocycles. The van der Waals surface area contributed by atoms with Gasteiger partial charge in [0.05, 0.1) is 11.9 Å². The standard InChI is InChI=1S/C12H26O4S/c1-2-3-4-5-6-9-12(13)10-7-8-11-17(14,15)16/h12-13H,2-11H2,1H3,(H,14,15,16). The quantitative estimate of drug-likeness (QED) is 0.445. The van der Waals surface area contributed by atoms with E-state index >= 15 is 0 Å². The topological polar surface area (TPSA) is 74.6 Å². The maximum Gasteiger partial charge on any atom is 0.264 e. The third-order valence-electron chi connectivity index (χ3n) is 2.83. The van der Waals surface area contributed by atoms with Crippen LogP contribution < -0.4 is 0 Å². The van der Waals surface area contributed by atoms with Gasteiger partial charge in [-0.05, 0) is 25.7 Å². The van der Waals surface area contributed by atoms with E-state index in [1.54, 1.807) is 0 Å². The first-order valence-corrected chi connectivity index (χ1v) is 8.20. The van der Waals surface area contributed by atoms with Gasteiger partial charge in [0.2, 0.25) is 0 Å². The van der Waals surface area contributed by atoms with Crippen LogP contribution in [-0.4, -0.2) is 29.9 Å². The molecule has 5 heteroatoms. The molecule has 17 heavy (non-hydrogen) atoms. The molecule has 0 amide bonds. The number of hydrogen-bond donors (Lipinski definition) is 2. The molecule has 0 radical (unpaired) electrons. The summed E-state index contributed by atoms with van der Waals surface area (Å²) in [6, 6.07) is 0. The maximum atomic E-state index is 10.4. The molecule has 0 saturated carbocycles. The van der Waals surface area contributed by atoms with Gasteiger partial charge in [-0.15, -0.1) is 0 Å². The highest BCUT2D eigenvalue weighted by Gasteiger charge is 2.07. The van der Waals surface area contributed by atoms with Gasteiger partial charge in [0, 0.05) is 0 Å². The first-order chi connectivity index (χ1) is 7.95. The van der Waals surface area contributed by atoms with Crippen molar-refractivity contribution in [1.82, 2.24) is 0 Å². The van der Waals surface area contributed by atoms with Crippen molar-refractivity contribution in [3.8, 4) is 0 Å². The average molecular weight is 266 g/mol. The van der Waals surface area contributed by atoms with Crippen molar-refractivity contribution in [1.29, 1.82) is 0 Å². The van der Waals surface area contributed by atoms with E-state index in [1.165, 1.54) is 19.3 Å². The highest BCUT2D eigenvalue weighted by atomic mass is 32.2. The molecular weight excluding hydrogens is 240 g/mol. The number of rotatable bonds is 11. The fourth-order valence-electron chi connectivity index (χ4n) is 1.79. The molecule has 0 aromatic rings. The second kappa shape index (κ2) is 9.85. The van der Waals surface area contributed by atoms with E-state index in [9.17, 15) is 13.5 Å². The lowest BCUT2D eigenvalue weighted by atomic mass is 10.0. The van der Waals surface area contributed by atoms with E-state index in [-0.39, 0.29) is 11.9 Å². The fourth-order valence-corrected chi connectivity index (χ4v) is 2.36. The summed E-state index contributed by atoms with van der Waals surface area (Å²) in [4.78, 5) is 0. The van der Waals surface area contributed by atoms with Crippen LogP contribution in [0, 0.1) is 0 Å². The third-order valence-corrected chi connectivity index (χ3v) is 3.64. The SMILES string of the molecule is CCCCCCCC(O)CCCCS(=O)(=O)O. The van der Waals surface area contributed by atoms with Crippen LogP contribution in [0.15, 0.2) is 0 Å². The molecule has 104 valence electrons. The minimum Gasteiger partial charge on any atom is -0.393 e. The lowest BCUT2D eigenvalue weighted by molar-refractivity contribution is 0.148. The van der Waals surface area contributed by atoms with Crippen molar-refractivity contribution in [2.45, 2.75) is 70.8 Å². The molecule has 0 saturated heterocycles. The van der Waals surface area contributed by atoms with Crippen LogP contribution in [-0.2, 0) is 10.1 Å². The summed E-state index contributed by atoms with van der Waals surface area (Å²) in [7, 11) is -3.83. The summed E-state index contributed by atoms with van der Waals surface area (Å²) < 4.78 is 29.4. The van der Waals surface area contributed by atoms with Crippen LogP contribution >= 0.6 is 0 Å². The fraction of sp³-hybridized carbons (Fsp3) is 1.00. The highest BCUT2D eigenvalue weighted by molar-refractivity contribution is 7.85. The Kier molecular flexibility index (Phi) is 9.78. The normalized spacial score (nSPS) is 13.8. The van der Waals surface area contributed by atoms with Crippen molar-refractivity contribution < 1.29 is 18.1 Å². The molecule has 0 aromatic heterocycles. The van der Waals surface area contributed by atoms with Gasteiger partial charge in [-0.2, -0.15) is 8.42 Å². The van der Waals surface area contributed by atoms with Gasteiger partial charge in [0.1, 0.15) is 0 Å². The Morgan fingerprint density at radius 2 is 1.47 bits per heavy atom. The maximum absolute atomic E-state index is 10.4. The largest absolute Gasteiger partial charge is 0.393 e. The molecule has 0 rings (SSSR count). The number of unbranched alkanes of at least 4 members (excludes halogenated alkanes) is 5. The predicted octanol–water partition coefficient (Wildman–Crippen LogP) is 2.77. The third kappa shape index (κ3) is 13.8. The van der Waals surface area contributed by atoms with Crippen LogP contribution in [0.3, 0.4) is 0 Å². The molecule has 0 aliphatic heterocycles. The van der Waals surface area contributed by atoms with Gasteiger partial charge >= 0.3 is 0 Å².